The maximum Gasteiger partial charge on any atom is 0.317 e. The highest BCUT2D eigenvalue weighted by atomic mass is 16.2. The van der Waals surface area contributed by atoms with Crippen molar-refractivity contribution < 1.29 is 4.79 Å². The molecule has 5 rings (SSSR count). The Bertz CT molecular complexity index is 896. The SMILES string of the molecule is Cc1cccc2c1[C@@H]1C[C@H]3[C@H](CCCN3C(=O)NCCc3ccccc3)CN1CC2. The number of aryl methyl sites for hydroxylation is 1. The number of likely N-dealkylation sites (tertiary alicyclic amines) is 1. The number of rotatable bonds is 3. The highest BCUT2D eigenvalue weighted by Crippen LogP contribution is 2.43. The van der Waals surface area contributed by atoms with E-state index in [0.29, 0.717) is 24.5 Å². The van der Waals surface area contributed by atoms with E-state index in [-0.39, 0.29) is 6.03 Å². The van der Waals surface area contributed by atoms with Gasteiger partial charge in [0.05, 0.1) is 0 Å². The molecule has 0 aliphatic carbocycles. The van der Waals surface area contributed by atoms with Crippen LogP contribution in [0.3, 0.4) is 0 Å². The van der Waals surface area contributed by atoms with E-state index < -0.39 is 0 Å². The molecule has 2 saturated heterocycles. The van der Waals surface area contributed by atoms with Gasteiger partial charge in [-0.2, -0.15) is 0 Å². The second kappa shape index (κ2) is 8.43. The van der Waals surface area contributed by atoms with Crippen LogP contribution in [0.2, 0.25) is 0 Å². The predicted molar refractivity (Wildman–Crippen MR) is 121 cm³/mol. The van der Waals surface area contributed by atoms with Gasteiger partial charge in [-0.15, -0.1) is 0 Å². The summed E-state index contributed by atoms with van der Waals surface area (Å²) < 4.78 is 0. The van der Waals surface area contributed by atoms with Gasteiger partial charge in [-0.3, -0.25) is 4.90 Å². The van der Waals surface area contributed by atoms with E-state index in [9.17, 15) is 4.79 Å². The van der Waals surface area contributed by atoms with Crippen LogP contribution in [0.4, 0.5) is 4.79 Å². The monoisotopic (exact) mass is 403 g/mol. The minimum atomic E-state index is 0.134. The first-order valence-electron chi connectivity index (χ1n) is 11.6. The minimum absolute atomic E-state index is 0.134. The van der Waals surface area contributed by atoms with Gasteiger partial charge in [0, 0.05) is 38.3 Å². The molecule has 0 aromatic heterocycles. The normalized spacial score (nSPS) is 25.8. The number of hydrogen-bond donors (Lipinski definition) is 1. The number of fused-ring (bicyclic) bond motifs is 4. The number of hydrogen-bond acceptors (Lipinski definition) is 2. The predicted octanol–water partition coefficient (Wildman–Crippen LogP) is 4.33. The summed E-state index contributed by atoms with van der Waals surface area (Å²) in [6.45, 7) is 6.15. The van der Waals surface area contributed by atoms with Gasteiger partial charge >= 0.3 is 6.03 Å². The molecule has 2 aromatic carbocycles. The molecular weight excluding hydrogens is 370 g/mol. The zero-order valence-electron chi connectivity index (χ0n) is 18.0. The Hall–Kier alpha value is -2.33. The third kappa shape index (κ3) is 3.74. The van der Waals surface area contributed by atoms with Crippen molar-refractivity contribution in [3.05, 3.63) is 70.8 Å². The Labute approximate surface area is 180 Å². The quantitative estimate of drug-likeness (QED) is 0.828. The zero-order chi connectivity index (χ0) is 20.5. The fourth-order valence-corrected chi connectivity index (χ4v) is 6.04. The molecule has 0 radical (unpaired) electrons. The first kappa shape index (κ1) is 19.6. The van der Waals surface area contributed by atoms with E-state index in [1.54, 1.807) is 0 Å². The molecule has 4 nitrogen and oxygen atoms in total. The van der Waals surface area contributed by atoms with Gasteiger partial charge in [0.15, 0.2) is 0 Å². The van der Waals surface area contributed by atoms with Crippen LogP contribution >= 0.6 is 0 Å². The minimum Gasteiger partial charge on any atom is -0.338 e. The lowest BCUT2D eigenvalue weighted by Gasteiger charge is -2.52. The average molecular weight is 404 g/mol. The smallest absolute Gasteiger partial charge is 0.317 e. The zero-order valence-corrected chi connectivity index (χ0v) is 18.0. The van der Waals surface area contributed by atoms with Crippen molar-refractivity contribution >= 4 is 6.03 Å². The standard InChI is InChI=1S/C26H33N3O/c1-19-7-5-10-21-13-16-28-18-22-11-6-15-29(23(22)17-24(28)25(19)21)26(30)27-14-12-20-8-3-2-4-9-20/h2-5,7-10,22-24H,6,11-18H2,1H3,(H,27,30)/t22-,23+,24+/m1/s1. The van der Waals surface area contributed by atoms with Crippen LogP contribution in [-0.4, -0.2) is 48.1 Å². The maximum atomic E-state index is 13.1. The third-order valence-electron chi connectivity index (χ3n) is 7.50. The molecule has 4 heteroatoms. The van der Waals surface area contributed by atoms with Gasteiger partial charge in [-0.05, 0) is 67.2 Å². The molecule has 3 atom stereocenters. The second-order valence-corrected chi connectivity index (χ2v) is 9.27. The van der Waals surface area contributed by atoms with Crippen molar-refractivity contribution in [3.8, 4) is 0 Å². The fraction of sp³-hybridized carbons (Fsp3) is 0.500. The highest BCUT2D eigenvalue weighted by molar-refractivity contribution is 5.74. The van der Waals surface area contributed by atoms with E-state index in [0.717, 1.165) is 45.3 Å². The maximum absolute atomic E-state index is 13.1. The molecule has 0 unspecified atom stereocenters. The largest absolute Gasteiger partial charge is 0.338 e. The summed E-state index contributed by atoms with van der Waals surface area (Å²) in [4.78, 5) is 18.0. The molecule has 3 heterocycles. The van der Waals surface area contributed by atoms with Crippen LogP contribution in [0.1, 0.15) is 47.6 Å². The van der Waals surface area contributed by atoms with E-state index in [1.165, 1.54) is 28.7 Å². The number of benzene rings is 2. The van der Waals surface area contributed by atoms with Crippen LogP contribution in [-0.2, 0) is 12.8 Å². The van der Waals surface area contributed by atoms with Gasteiger partial charge in [-0.25, -0.2) is 4.79 Å². The molecule has 0 bridgehead atoms. The van der Waals surface area contributed by atoms with Crippen LogP contribution < -0.4 is 5.32 Å². The molecule has 0 saturated carbocycles. The Morgan fingerprint density at radius 2 is 1.97 bits per heavy atom. The molecule has 2 fully saturated rings. The summed E-state index contributed by atoms with van der Waals surface area (Å²) in [6, 6.07) is 18.1. The van der Waals surface area contributed by atoms with E-state index in [4.69, 9.17) is 0 Å². The summed E-state index contributed by atoms with van der Waals surface area (Å²) in [5.41, 5.74) is 5.74. The highest BCUT2D eigenvalue weighted by Gasteiger charge is 2.44. The fourth-order valence-electron chi connectivity index (χ4n) is 6.04. The van der Waals surface area contributed by atoms with Gasteiger partial charge in [0.2, 0.25) is 0 Å². The third-order valence-corrected chi connectivity index (χ3v) is 7.50. The lowest BCUT2D eigenvalue weighted by molar-refractivity contribution is 0.00558. The average Bonchev–Trinajstić information content (AvgIpc) is 2.78. The molecule has 30 heavy (non-hydrogen) atoms. The number of amides is 2. The van der Waals surface area contributed by atoms with Gasteiger partial charge < -0.3 is 10.2 Å². The lowest BCUT2D eigenvalue weighted by atomic mass is 9.76. The Morgan fingerprint density at radius 1 is 1.10 bits per heavy atom. The number of nitrogens with one attached hydrogen (secondary N) is 1. The Balaban J connectivity index is 1.29. The second-order valence-electron chi connectivity index (χ2n) is 9.27. The van der Waals surface area contributed by atoms with Crippen LogP contribution in [0.5, 0.6) is 0 Å². The Kier molecular flexibility index (Phi) is 5.51. The molecule has 2 aromatic rings. The van der Waals surface area contributed by atoms with E-state index in [1.807, 2.05) is 6.07 Å². The number of urea groups is 1. The molecule has 3 aliphatic heterocycles. The number of piperidine rings is 2. The molecular formula is C26H33N3O. The van der Waals surface area contributed by atoms with Crippen molar-refractivity contribution in [1.82, 2.24) is 15.1 Å². The first-order valence-corrected chi connectivity index (χ1v) is 11.6. The summed E-state index contributed by atoms with van der Waals surface area (Å²) in [7, 11) is 0. The van der Waals surface area contributed by atoms with Gasteiger partial charge in [0.1, 0.15) is 0 Å². The topological polar surface area (TPSA) is 35.6 Å². The van der Waals surface area contributed by atoms with Crippen molar-refractivity contribution in [3.63, 3.8) is 0 Å². The Morgan fingerprint density at radius 3 is 2.83 bits per heavy atom. The van der Waals surface area contributed by atoms with Crippen molar-refractivity contribution in [2.24, 2.45) is 5.92 Å². The van der Waals surface area contributed by atoms with Crippen molar-refractivity contribution in [1.29, 1.82) is 0 Å². The number of carbonyl (C=O) groups excluding carboxylic acids is 1. The van der Waals surface area contributed by atoms with E-state index in [2.05, 4.69) is 64.5 Å². The molecule has 1 N–H and O–H groups in total. The van der Waals surface area contributed by atoms with Gasteiger partial charge in [-0.1, -0.05) is 48.5 Å². The van der Waals surface area contributed by atoms with Gasteiger partial charge in [0.25, 0.3) is 0 Å². The summed E-state index contributed by atoms with van der Waals surface area (Å²) in [5, 5.41) is 3.21. The number of nitrogens with zero attached hydrogens (tertiary/aromatic N) is 2. The summed E-state index contributed by atoms with van der Waals surface area (Å²) in [5.74, 6) is 0.612. The van der Waals surface area contributed by atoms with Crippen LogP contribution in [0.15, 0.2) is 48.5 Å². The molecule has 0 spiro atoms. The van der Waals surface area contributed by atoms with E-state index >= 15 is 0 Å². The summed E-state index contributed by atoms with van der Waals surface area (Å²) >= 11 is 0. The molecule has 158 valence electrons. The van der Waals surface area contributed by atoms with Crippen molar-refractivity contribution in [2.75, 3.05) is 26.2 Å². The molecule has 3 aliphatic rings. The first-order chi connectivity index (χ1) is 14.7. The van der Waals surface area contributed by atoms with Crippen molar-refractivity contribution in [2.45, 2.75) is 51.1 Å². The summed E-state index contributed by atoms with van der Waals surface area (Å²) in [6.07, 6.45) is 5.50. The lowest BCUT2D eigenvalue weighted by Crippen LogP contribution is -2.59. The van der Waals surface area contributed by atoms with Crippen LogP contribution in [0.25, 0.3) is 0 Å². The number of carbonyl (C=O) groups is 1. The molecule has 2 amide bonds. The van der Waals surface area contributed by atoms with Crippen LogP contribution in [0, 0.1) is 12.8 Å².